The van der Waals surface area contributed by atoms with E-state index < -0.39 is 6.23 Å². The van der Waals surface area contributed by atoms with Crippen molar-refractivity contribution in [1.82, 2.24) is 5.32 Å². The number of rotatable bonds is 1. The molecule has 0 spiro atoms. The molecule has 2 N–H and O–H groups in total. The van der Waals surface area contributed by atoms with E-state index in [1.54, 1.807) is 6.92 Å². The molecule has 1 amide bonds. The summed E-state index contributed by atoms with van der Waals surface area (Å²) in [7, 11) is 0. The number of hydrogen-bond acceptors (Lipinski definition) is 2. The second-order valence-electron chi connectivity index (χ2n) is 3.11. The summed E-state index contributed by atoms with van der Waals surface area (Å²) in [5, 5.41) is 11.8. The fourth-order valence-corrected chi connectivity index (χ4v) is 1.50. The van der Waals surface area contributed by atoms with Gasteiger partial charge >= 0.3 is 0 Å². The van der Waals surface area contributed by atoms with Gasteiger partial charge in [-0.15, -0.1) is 0 Å². The molecule has 62 valence electrons. The Hall–Kier alpha value is -0.830. The largest absolute Gasteiger partial charge is 0.373 e. The fraction of sp³-hybridized carbons (Fsp3) is 0.625. The number of carbonyl (C=O) groups excluding carboxylic acids is 1. The van der Waals surface area contributed by atoms with Gasteiger partial charge in [-0.2, -0.15) is 0 Å². The van der Waals surface area contributed by atoms with Gasteiger partial charge in [0, 0.05) is 11.8 Å². The molecule has 11 heavy (non-hydrogen) atoms. The molecule has 3 atom stereocenters. The molecule has 1 fully saturated rings. The zero-order valence-electron chi connectivity index (χ0n) is 6.79. The van der Waals surface area contributed by atoms with Crippen LogP contribution in [0.5, 0.6) is 0 Å². The summed E-state index contributed by atoms with van der Waals surface area (Å²) in [6.07, 6.45) is -0.741. The van der Waals surface area contributed by atoms with Gasteiger partial charge in [0.05, 0.1) is 0 Å². The second-order valence-corrected chi connectivity index (χ2v) is 3.11. The summed E-state index contributed by atoms with van der Waals surface area (Å²) in [6, 6.07) is 0. The summed E-state index contributed by atoms with van der Waals surface area (Å²) in [6.45, 7) is 7.34. The van der Waals surface area contributed by atoms with Crippen molar-refractivity contribution in [3.63, 3.8) is 0 Å². The van der Waals surface area contributed by atoms with E-state index in [2.05, 4.69) is 11.9 Å². The Morgan fingerprint density at radius 2 is 2.27 bits per heavy atom. The van der Waals surface area contributed by atoms with Crippen molar-refractivity contribution in [1.29, 1.82) is 0 Å². The molecule has 0 aromatic rings. The monoisotopic (exact) mass is 155 g/mol. The van der Waals surface area contributed by atoms with Gasteiger partial charge in [0.25, 0.3) is 0 Å². The quantitative estimate of drug-likeness (QED) is 0.534. The summed E-state index contributed by atoms with van der Waals surface area (Å²) in [5.41, 5.74) is 0.850. The van der Waals surface area contributed by atoms with Crippen molar-refractivity contribution in [2.45, 2.75) is 20.1 Å². The van der Waals surface area contributed by atoms with Crippen LogP contribution >= 0.6 is 0 Å². The van der Waals surface area contributed by atoms with Gasteiger partial charge in [0.1, 0.15) is 6.23 Å². The minimum atomic E-state index is -0.741. The molecule has 3 nitrogen and oxygen atoms in total. The number of carbonyl (C=O) groups is 1. The van der Waals surface area contributed by atoms with Gasteiger partial charge in [-0.1, -0.05) is 19.1 Å². The first-order valence-corrected chi connectivity index (χ1v) is 3.68. The number of aliphatic hydroxyl groups is 1. The molecule has 0 aromatic heterocycles. The highest BCUT2D eigenvalue weighted by atomic mass is 16.3. The molecule has 1 aliphatic heterocycles. The third-order valence-corrected chi connectivity index (χ3v) is 2.15. The van der Waals surface area contributed by atoms with Crippen molar-refractivity contribution >= 4 is 5.91 Å². The molecule has 0 bridgehead atoms. The van der Waals surface area contributed by atoms with E-state index in [1.807, 2.05) is 6.92 Å². The van der Waals surface area contributed by atoms with Crippen LogP contribution in [0.2, 0.25) is 0 Å². The Kier molecular flexibility index (Phi) is 2.00. The summed E-state index contributed by atoms with van der Waals surface area (Å²) < 4.78 is 0. The lowest BCUT2D eigenvalue weighted by atomic mass is 9.90. The van der Waals surface area contributed by atoms with E-state index in [-0.39, 0.29) is 17.7 Å². The molecule has 3 heteroatoms. The minimum absolute atomic E-state index is 0.0921. The Bertz CT molecular complexity index is 200. The Balaban J connectivity index is 2.79. The van der Waals surface area contributed by atoms with Crippen LogP contribution in [-0.4, -0.2) is 17.2 Å². The minimum Gasteiger partial charge on any atom is -0.373 e. The van der Waals surface area contributed by atoms with Crippen LogP contribution in [0.25, 0.3) is 0 Å². The first kappa shape index (κ1) is 8.27. The Morgan fingerprint density at radius 3 is 2.45 bits per heavy atom. The number of aliphatic hydroxyl groups excluding tert-OH is 1. The lowest BCUT2D eigenvalue weighted by molar-refractivity contribution is -0.122. The van der Waals surface area contributed by atoms with Gasteiger partial charge in [-0.05, 0) is 6.92 Å². The Labute approximate surface area is 66.1 Å². The van der Waals surface area contributed by atoms with Crippen molar-refractivity contribution < 1.29 is 9.90 Å². The maximum absolute atomic E-state index is 11.0. The van der Waals surface area contributed by atoms with E-state index in [1.165, 1.54) is 0 Å². The molecule has 3 unspecified atom stereocenters. The SMILES string of the molecule is C=C(C)C1C(O)NC(=O)C1C. The number of nitrogens with one attached hydrogen (secondary N) is 1. The highest BCUT2D eigenvalue weighted by molar-refractivity contribution is 5.81. The number of hydrogen-bond donors (Lipinski definition) is 2. The molecule has 0 saturated carbocycles. The van der Waals surface area contributed by atoms with E-state index in [9.17, 15) is 9.90 Å². The lowest BCUT2D eigenvalue weighted by Gasteiger charge is -2.15. The smallest absolute Gasteiger partial charge is 0.225 e. The summed E-state index contributed by atoms with van der Waals surface area (Å²) >= 11 is 0. The van der Waals surface area contributed by atoms with Gasteiger partial charge in [0.15, 0.2) is 0 Å². The lowest BCUT2D eigenvalue weighted by Crippen LogP contribution is -2.28. The highest BCUT2D eigenvalue weighted by Gasteiger charge is 2.38. The van der Waals surface area contributed by atoms with Crippen molar-refractivity contribution in [3.8, 4) is 0 Å². The zero-order chi connectivity index (χ0) is 8.59. The molecular formula is C8H13NO2. The molecule has 1 aliphatic rings. The summed E-state index contributed by atoms with van der Waals surface area (Å²) in [4.78, 5) is 11.0. The van der Waals surface area contributed by atoms with Gasteiger partial charge in [0.2, 0.25) is 5.91 Å². The first-order chi connectivity index (χ1) is 5.04. The third-order valence-electron chi connectivity index (χ3n) is 2.15. The third kappa shape index (κ3) is 1.28. The van der Waals surface area contributed by atoms with E-state index in [0.717, 1.165) is 5.57 Å². The van der Waals surface area contributed by atoms with Crippen LogP contribution in [-0.2, 0) is 4.79 Å². The predicted molar refractivity (Wildman–Crippen MR) is 41.6 cm³/mol. The van der Waals surface area contributed by atoms with Crippen molar-refractivity contribution in [3.05, 3.63) is 12.2 Å². The molecule has 1 rings (SSSR count). The van der Waals surface area contributed by atoms with Crippen LogP contribution in [0.15, 0.2) is 12.2 Å². The van der Waals surface area contributed by atoms with Crippen LogP contribution in [0, 0.1) is 11.8 Å². The Morgan fingerprint density at radius 1 is 1.73 bits per heavy atom. The maximum atomic E-state index is 11.0. The topological polar surface area (TPSA) is 49.3 Å². The molecule has 1 saturated heterocycles. The van der Waals surface area contributed by atoms with Crippen molar-refractivity contribution in [2.24, 2.45) is 11.8 Å². The molecular weight excluding hydrogens is 142 g/mol. The molecule has 0 aromatic carbocycles. The van der Waals surface area contributed by atoms with Crippen molar-refractivity contribution in [2.75, 3.05) is 0 Å². The maximum Gasteiger partial charge on any atom is 0.225 e. The van der Waals surface area contributed by atoms with E-state index in [4.69, 9.17) is 0 Å². The van der Waals surface area contributed by atoms with Gasteiger partial charge in [-0.3, -0.25) is 4.79 Å². The standard InChI is InChI=1S/C8H13NO2/c1-4(2)6-5(3)7(10)9-8(6)11/h5-6,8,11H,1H2,2-3H3,(H,9,10). The molecule has 1 heterocycles. The average molecular weight is 155 g/mol. The molecule has 0 radical (unpaired) electrons. The summed E-state index contributed by atoms with van der Waals surface area (Å²) in [5.74, 6) is -0.365. The normalized spacial score (nSPS) is 37.0. The highest BCUT2D eigenvalue weighted by Crippen LogP contribution is 2.27. The van der Waals surface area contributed by atoms with Crippen LogP contribution in [0.1, 0.15) is 13.8 Å². The van der Waals surface area contributed by atoms with Crippen LogP contribution in [0.3, 0.4) is 0 Å². The van der Waals surface area contributed by atoms with E-state index in [0.29, 0.717) is 0 Å². The van der Waals surface area contributed by atoms with E-state index >= 15 is 0 Å². The van der Waals surface area contributed by atoms with Crippen LogP contribution < -0.4 is 5.32 Å². The van der Waals surface area contributed by atoms with Gasteiger partial charge < -0.3 is 10.4 Å². The number of amides is 1. The molecule has 0 aliphatic carbocycles. The predicted octanol–water partition coefficient (Wildman–Crippen LogP) is 0.263. The fourth-order valence-electron chi connectivity index (χ4n) is 1.50. The van der Waals surface area contributed by atoms with Crippen LogP contribution in [0.4, 0.5) is 0 Å². The van der Waals surface area contributed by atoms with Gasteiger partial charge in [-0.25, -0.2) is 0 Å². The zero-order valence-corrected chi connectivity index (χ0v) is 6.79. The second kappa shape index (κ2) is 2.66. The first-order valence-electron chi connectivity index (χ1n) is 3.68. The average Bonchev–Trinajstić information content (AvgIpc) is 2.07.